The Hall–Kier alpha value is -2.11. The third kappa shape index (κ3) is 5.44. The third-order valence-corrected chi connectivity index (χ3v) is 4.56. The molecule has 1 amide bonds. The Balaban J connectivity index is 1.45. The first kappa shape index (κ1) is 18.7. The minimum Gasteiger partial charge on any atom is -0.484 e. The number of nitrogens with zero attached hydrogens (tertiary/aromatic N) is 1. The molecule has 2 aromatic rings. The smallest absolute Gasteiger partial charge is 0.260 e. The standard InChI is InChI=1S/C20H21ClFNO3/c21-16-5-9-18(10-6-16)26-14-20(24)23-11-1-2-19(12-23)25-13-15-3-7-17(22)8-4-15/h3-10,19H,1-2,11-14H2/t19-/m1/s1. The van der Waals surface area contributed by atoms with E-state index in [2.05, 4.69) is 0 Å². The number of amides is 1. The van der Waals surface area contributed by atoms with E-state index in [1.165, 1.54) is 12.1 Å². The molecule has 0 bridgehead atoms. The number of carbonyl (C=O) groups excluding carboxylic acids is 1. The van der Waals surface area contributed by atoms with Gasteiger partial charge in [-0.25, -0.2) is 4.39 Å². The summed E-state index contributed by atoms with van der Waals surface area (Å²) in [7, 11) is 0. The molecule has 1 saturated heterocycles. The van der Waals surface area contributed by atoms with Crippen LogP contribution < -0.4 is 4.74 Å². The highest BCUT2D eigenvalue weighted by Gasteiger charge is 2.24. The van der Waals surface area contributed by atoms with Crippen molar-refractivity contribution in [3.05, 3.63) is 64.9 Å². The molecule has 1 atom stereocenters. The Morgan fingerprint density at radius 3 is 2.62 bits per heavy atom. The maximum absolute atomic E-state index is 12.9. The van der Waals surface area contributed by atoms with Gasteiger partial charge in [0, 0.05) is 18.1 Å². The van der Waals surface area contributed by atoms with Crippen molar-refractivity contribution in [2.75, 3.05) is 19.7 Å². The predicted molar refractivity (Wildman–Crippen MR) is 97.7 cm³/mol. The van der Waals surface area contributed by atoms with Crippen molar-refractivity contribution >= 4 is 17.5 Å². The van der Waals surface area contributed by atoms with Gasteiger partial charge in [-0.15, -0.1) is 0 Å². The molecule has 3 rings (SSSR count). The summed E-state index contributed by atoms with van der Waals surface area (Å²) in [6.07, 6.45) is 1.78. The zero-order chi connectivity index (χ0) is 18.4. The van der Waals surface area contributed by atoms with E-state index in [1.54, 1.807) is 41.3 Å². The highest BCUT2D eigenvalue weighted by atomic mass is 35.5. The normalized spacial score (nSPS) is 17.2. The molecule has 1 aliphatic rings. The fourth-order valence-corrected chi connectivity index (χ4v) is 2.99. The van der Waals surface area contributed by atoms with Crippen molar-refractivity contribution in [1.82, 2.24) is 4.90 Å². The van der Waals surface area contributed by atoms with E-state index < -0.39 is 0 Å². The van der Waals surface area contributed by atoms with Crippen LogP contribution >= 0.6 is 11.6 Å². The van der Waals surface area contributed by atoms with Gasteiger partial charge >= 0.3 is 0 Å². The summed E-state index contributed by atoms with van der Waals surface area (Å²) in [6.45, 7) is 1.66. The van der Waals surface area contributed by atoms with Crippen molar-refractivity contribution < 1.29 is 18.7 Å². The lowest BCUT2D eigenvalue weighted by Crippen LogP contribution is -2.45. The molecule has 0 aromatic heterocycles. The number of ether oxygens (including phenoxy) is 2. The van der Waals surface area contributed by atoms with E-state index >= 15 is 0 Å². The SMILES string of the molecule is O=C(COc1ccc(Cl)cc1)N1CCC[C@@H](OCc2ccc(F)cc2)C1. The van der Waals surface area contributed by atoms with E-state index in [-0.39, 0.29) is 24.4 Å². The van der Waals surface area contributed by atoms with Crippen LogP contribution in [0.5, 0.6) is 5.75 Å². The van der Waals surface area contributed by atoms with Gasteiger partial charge in [-0.2, -0.15) is 0 Å². The molecule has 0 radical (unpaired) electrons. The maximum Gasteiger partial charge on any atom is 0.260 e. The van der Waals surface area contributed by atoms with Gasteiger partial charge in [0.15, 0.2) is 6.61 Å². The summed E-state index contributed by atoms with van der Waals surface area (Å²) in [4.78, 5) is 14.1. The van der Waals surface area contributed by atoms with Crippen molar-refractivity contribution in [2.45, 2.75) is 25.6 Å². The first-order valence-corrected chi connectivity index (χ1v) is 9.00. The van der Waals surface area contributed by atoms with Crippen LogP contribution in [-0.2, 0) is 16.1 Å². The molecule has 0 spiro atoms. The van der Waals surface area contributed by atoms with Crippen LogP contribution in [0.4, 0.5) is 4.39 Å². The minimum atomic E-state index is -0.260. The van der Waals surface area contributed by atoms with E-state index in [1.807, 2.05) is 0 Å². The molecular formula is C20H21ClFNO3. The van der Waals surface area contributed by atoms with Crippen LogP contribution in [0.15, 0.2) is 48.5 Å². The van der Waals surface area contributed by atoms with Gasteiger partial charge < -0.3 is 14.4 Å². The Morgan fingerprint density at radius 1 is 1.15 bits per heavy atom. The molecule has 0 unspecified atom stereocenters. The van der Waals surface area contributed by atoms with E-state index in [0.29, 0.717) is 30.5 Å². The Kier molecular flexibility index (Phi) is 6.47. The lowest BCUT2D eigenvalue weighted by molar-refractivity contribution is -0.137. The molecule has 0 aliphatic carbocycles. The van der Waals surface area contributed by atoms with Crippen molar-refractivity contribution in [3.8, 4) is 5.75 Å². The summed E-state index contributed by atoms with van der Waals surface area (Å²) in [6, 6.07) is 13.2. The highest BCUT2D eigenvalue weighted by Crippen LogP contribution is 2.18. The van der Waals surface area contributed by atoms with Gasteiger partial charge in [0.2, 0.25) is 0 Å². The average Bonchev–Trinajstić information content (AvgIpc) is 2.67. The van der Waals surface area contributed by atoms with Gasteiger partial charge in [-0.3, -0.25) is 4.79 Å². The lowest BCUT2D eigenvalue weighted by atomic mass is 10.1. The number of hydrogen-bond acceptors (Lipinski definition) is 3. The summed E-state index contributed by atoms with van der Waals surface area (Å²) >= 11 is 5.83. The molecule has 26 heavy (non-hydrogen) atoms. The number of benzene rings is 2. The Labute approximate surface area is 157 Å². The highest BCUT2D eigenvalue weighted by molar-refractivity contribution is 6.30. The molecular weight excluding hydrogens is 357 g/mol. The topological polar surface area (TPSA) is 38.8 Å². The number of likely N-dealkylation sites (tertiary alicyclic amines) is 1. The summed E-state index contributed by atoms with van der Waals surface area (Å²) in [5, 5.41) is 0.626. The third-order valence-electron chi connectivity index (χ3n) is 4.31. The maximum atomic E-state index is 12.9. The van der Waals surface area contributed by atoms with Gasteiger partial charge in [0.25, 0.3) is 5.91 Å². The summed E-state index contributed by atoms with van der Waals surface area (Å²) < 4.78 is 24.4. The monoisotopic (exact) mass is 377 g/mol. The van der Waals surface area contributed by atoms with Crippen LogP contribution in [0.1, 0.15) is 18.4 Å². The van der Waals surface area contributed by atoms with Crippen LogP contribution in [0.3, 0.4) is 0 Å². The minimum absolute atomic E-state index is 0.00762. The number of piperidine rings is 1. The van der Waals surface area contributed by atoms with E-state index in [0.717, 1.165) is 18.4 Å². The first-order chi connectivity index (χ1) is 12.6. The van der Waals surface area contributed by atoms with Crippen LogP contribution in [0, 0.1) is 5.82 Å². The molecule has 0 N–H and O–H groups in total. The zero-order valence-electron chi connectivity index (χ0n) is 14.4. The van der Waals surface area contributed by atoms with Gasteiger partial charge in [0.1, 0.15) is 11.6 Å². The molecule has 6 heteroatoms. The number of hydrogen-bond donors (Lipinski definition) is 0. The molecule has 1 fully saturated rings. The second kappa shape index (κ2) is 9.01. The number of rotatable bonds is 6. The van der Waals surface area contributed by atoms with Crippen molar-refractivity contribution in [2.24, 2.45) is 0 Å². The Bertz CT molecular complexity index is 721. The molecule has 1 aliphatic heterocycles. The molecule has 0 saturated carbocycles. The fraction of sp³-hybridized carbons (Fsp3) is 0.350. The van der Waals surface area contributed by atoms with Crippen LogP contribution in [-0.4, -0.2) is 36.6 Å². The van der Waals surface area contributed by atoms with Crippen LogP contribution in [0.2, 0.25) is 5.02 Å². The first-order valence-electron chi connectivity index (χ1n) is 8.62. The quantitative estimate of drug-likeness (QED) is 0.761. The van der Waals surface area contributed by atoms with Crippen molar-refractivity contribution in [3.63, 3.8) is 0 Å². The summed E-state index contributed by atoms with van der Waals surface area (Å²) in [5.41, 5.74) is 0.918. The molecule has 4 nitrogen and oxygen atoms in total. The van der Waals surface area contributed by atoms with Crippen LogP contribution in [0.25, 0.3) is 0 Å². The van der Waals surface area contributed by atoms with Crippen molar-refractivity contribution in [1.29, 1.82) is 0 Å². The number of halogens is 2. The fourth-order valence-electron chi connectivity index (χ4n) is 2.86. The largest absolute Gasteiger partial charge is 0.484 e. The second-order valence-corrected chi connectivity index (χ2v) is 6.72. The Morgan fingerprint density at radius 2 is 1.88 bits per heavy atom. The number of carbonyl (C=O) groups is 1. The second-order valence-electron chi connectivity index (χ2n) is 6.28. The zero-order valence-corrected chi connectivity index (χ0v) is 15.1. The van der Waals surface area contributed by atoms with E-state index in [4.69, 9.17) is 21.1 Å². The molecule has 138 valence electrons. The average molecular weight is 378 g/mol. The summed E-state index contributed by atoms with van der Waals surface area (Å²) in [5.74, 6) is 0.294. The predicted octanol–water partition coefficient (Wildman–Crippen LogP) is 4.07. The molecule has 2 aromatic carbocycles. The lowest BCUT2D eigenvalue weighted by Gasteiger charge is -2.32. The van der Waals surface area contributed by atoms with Gasteiger partial charge in [0.05, 0.1) is 12.7 Å². The van der Waals surface area contributed by atoms with Gasteiger partial charge in [-0.1, -0.05) is 23.7 Å². The van der Waals surface area contributed by atoms with E-state index in [9.17, 15) is 9.18 Å². The van der Waals surface area contributed by atoms with Gasteiger partial charge in [-0.05, 0) is 54.8 Å². The molecule has 1 heterocycles.